The number of aromatic nitrogens is 4. The molecule has 1 amide bonds. The number of hydrogen-bond donors (Lipinski definition) is 1. The fourth-order valence-corrected chi connectivity index (χ4v) is 3.09. The molecular formula is C17H15FN6O3S. The largest absolute Gasteiger partial charge is 0.323 e. The summed E-state index contributed by atoms with van der Waals surface area (Å²) in [6, 6.07) is 8.77. The number of aryl methyl sites for hydroxylation is 2. The van der Waals surface area contributed by atoms with Crippen molar-refractivity contribution < 1.29 is 14.1 Å². The Morgan fingerprint density at radius 3 is 2.82 bits per heavy atom. The van der Waals surface area contributed by atoms with E-state index in [9.17, 15) is 19.3 Å². The van der Waals surface area contributed by atoms with Crippen LogP contribution in [0.4, 0.5) is 15.8 Å². The van der Waals surface area contributed by atoms with Gasteiger partial charge >= 0.3 is 0 Å². The van der Waals surface area contributed by atoms with Gasteiger partial charge in [-0.2, -0.15) is 4.68 Å². The molecule has 0 radical (unpaired) electrons. The standard InChI is InChI=1S/C17H15FN6O3S/c1-10-3-4-11(2)15(7-10)23-17(20-21-22-23)28-9-16(25)19-14-8-12(24(26)27)5-6-13(14)18/h3-8H,9H2,1-2H3,(H,19,25). The Labute approximate surface area is 163 Å². The molecule has 1 N–H and O–H groups in total. The van der Waals surface area contributed by atoms with Crippen molar-refractivity contribution in [2.45, 2.75) is 19.0 Å². The first kappa shape index (κ1) is 19.4. The van der Waals surface area contributed by atoms with Crippen molar-refractivity contribution in [3.63, 3.8) is 0 Å². The molecule has 2 aromatic carbocycles. The van der Waals surface area contributed by atoms with Crippen molar-refractivity contribution in [1.82, 2.24) is 20.2 Å². The van der Waals surface area contributed by atoms with Gasteiger partial charge in [0, 0.05) is 12.1 Å². The summed E-state index contributed by atoms with van der Waals surface area (Å²) >= 11 is 1.07. The van der Waals surface area contributed by atoms with E-state index < -0.39 is 16.6 Å². The van der Waals surface area contributed by atoms with Crippen molar-refractivity contribution >= 4 is 29.0 Å². The number of rotatable bonds is 6. The molecule has 144 valence electrons. The van der Waals surface area contributed by atoms with E-state index in [1.54, 1.807) is 0 Å². The number of hydrogen-bond acceptors (Lipinski definition) is 7. The zero-order chi connectivity index (χ0) is 20.3. The molecule has 1 aromatic heterocycles. The number of amides is 1. The molecule has 3 aromatic rings. The van der Waals surface area contributed by atoms with Gasteiger partial charge in [-0.25, -0.2) is 4.39 Å². The van der Waals surface area contributed by atoms with Crippen LogP contribution in [-0.2, 0) is 4.79 Å². The third kappa shape index (κ3) is 4.31. The van der Waals surface area contributed by atoms with E-state index in [0.29, 0.717) is 5.16 Å². The summed E-state index contributed by atoms with van der Waals surface area (Å²) in [7, 11) is 0. The second kappa shape index (κ2) is 8.13. The number of nitrogens with one attached hydrogen (secondary N) is 1. The molecule has 0 fully saturated rings. The molecule has 0 saturated heterocycles. The lowest BCUT2D eigenvalue weighted by Crippen LogP contribution is -2.16. The predicted molar refractivity (Wildman–Crippen MR) is 101 cm³/mol. The Bertz CT molecular complexity index is 1060. The summed E-state index contributed by atoms with van der Waals surface area (Å²) in [6.45, 7) is 3.86. The number of nitrogens with zero attached hydrogens (tertiary/aromatic N) is 5. The third-order valence-corrected chi connectivity index (χ3v) is 4.72. The van der Waals surface area contributed by atoms with Gasteiger partial charge in [-0.3, -0.25) is 14.9 Å². The van der Waals surface area contributed by atoms with Gasteiger partial charge in [0.25, 0.3) is 5.69 Å². The van der Waals surface area contributed by atoms with Gasteiger partial charge < -0.3 is 5.32 Å². The van der Waals surface area contributed by atoms with Gasteiger partial charge in [0.15, 0.2) is 0 Å². The summed E-state index contributed by atoms with van der Waals surface area (Å²) in [5.41, 5.74) is 2.21. The normalized spacial score (nSPS) is 10.7. The summed E-state index contributed by atoms with van der Waals surface area (Å²) in [4.78, 5) is 22.3. The van der Waals surface area contributed by atoms with Crippen LogP contribution in [0.25, 0.3) is 5.69 Å². The molecule has 0 aliphatic heterocycles. The number of nitro groups is 1. The van der Waals surface area contributed by atoms with Gasteiger partial charge in [-0.05, 0) is 47.5 Å². The minimum Gasteiger partial charge on any atom is -0.323 e. The average Bonchev–Trinajstić information content (AvgIpc) is 3.12. The number of nitro benzene ring substituents is 1. The highest BCUT2D eigenvalue weighted by Gasteiger charge is 2.16. The second-order valence-corrected chi connectivity index (χ2v) is 6.86. The van der Waals surface area contributed by atoms with Gasteiger partial charge in [-0.15, -0.1) is 5.10 Å². The van der Waals surface area contributed by atoms with Crippen LogP contribution >= 0.6 is 11.8 Å². The number of halogens is 1. The molecule has 0 unspecified atom stereocenters. The van der Waals surface area contributed by atoms with E-state index >= 15 is 0 Å². The molecule has 0 saturated carbocycles. The van der Waals surface area contributed by atoms with Crippen molar-refractivity contribution in [2.24, 2.45) is 0 Å². The monoisotopic (exact) mass is 402 g/mol. The summed E-state index contributed by atoms with van der Waals surface area (Å²) in [6.07, 6.45) is 0. The summed E-state index contributed by atoms with van der Waals surface area (Å²) in [5, 5.41) is 25.1. The van der Waals surface area contributed by atoms with Crippen LogP contribution < -0.4 is 5.32 Å². The Balaban J connectivity index is 1.71. The summed E-state index contributed by atoms with van der Waals surface area (Å²) in [5.74, 6) is -1.41. The van der Waals surface area contributed by atoms with Gasteiger partial charge in [0.05, 0.1) is 22.1 Å². The van der Waals surface area contributed by atoms with Crippen LogP contribution in [-0.4, -0.2) is 36.8 Å². The number of carbonyl (C=O) groups is 1. The second-order valence-electron chi connectivity index (χ2n) is 5.92. The number of anilines is 1. The Morgan fingerprint density at radius 2 is 2.07 bits per heavy atom. The van der Waals surface area contributed by atoms with Crippen molar-refractivity contribution in [1.29, 1.82) is 0 Å². The molecule has 9 nitrogen and oxygen atoms in total. The van der Waals surface area contributed by atoms with E-state index in [0.717, 1.165) is 46.8 Å². The SMILES string of the molecule is Cc1ccc(C)c(-n2nnnc2SCC(=O)Nc2cc([N+](=O)[O-])ccc2F)c1. The van der Waals surface area contributed by atoms with Crippen molar-refractivity contribution in [2.75, 3.05) is 11.1 Å². The molecule has 0 aliphatic carbocycles. The first-order chi connectivity index (χ1) is 13.3. The zero-order valence-electron chi connectivity index (χ0n) is 14.9. The van der Waals surface area contributed by atoms with E-state index in [-0.39, 0.29) is 17.1 Å². The molecule has 0 aliphatic rings. The van der Waals surface area contributed by atoms with Crippen molar-refractivity contribution in [3.05, 3.63) is 63.5 Å². The minimum atomic E-state index is -0.760. The molecule has 28 heavy (non-hydrogen) atoms. The maximum Gasteiger partial charge on any atom is 0.271 e. The lowest BCUT2D eigenvalue weighted by molar-refractivity contribution is -0.384. The fourth-order valence-electron chi connectivity index (χ4n) is 2.41. The molecule has 0 spiro atoms. The smallest absolute Gasteiger partial charge is 0.271 e. The van der Waals surface area contributed by atoms with Crippen LogP contribution in [0.2, 0.25) is 0 Å². The van der Waals surface area contributed by atoms with E-state index in [1.807, 2.05) is 32.0 Å². The molecule has 1 heterocycles. The maximum atomic E-state index is 13.8. The molecule has 0 bridgehead atoms. The third-order valence-electron chi connectivity index (χ3n) is 3.80. The van der Waals surface area contributed by atoms with Crippen LogP contribution in [0.1, 0.15) is 11.1 Å². The minimum absolute atomic E-state index is 0.104. The van der Waals surface area contributed by atoms with Crippen LogP contribution in [0, 0.1) is 29.8 Å². The fraction of sp³-hybridized carbons (Fsp3) is 0.176. The highest BCUT2D eigenvalue weighted by Crippen LogP contribution is 2.24. The maximum absolute atomic E-state index is 13.8. The molecule has 0 atom stereocenters. The number of benzene rings is 2. The highest BCUT2D eigenvalue weighted by atomic mass is 32.2. The van der Waals surface area contributed by atoms with Crippen LogP contribution in [0.3, 0.4) is 0 Å². The van der Waals surface area contributed by atoms with Crippen LogP contribution in [0.15, 0.2) is 41.6 Å². The van der Waals surface area contributed by atoms with E-state index in [2.05, 4.69) is 20.8 Å². The zero-order valence-corrected chi connectivity index (χ0v) is 15.7. The lowest BCUT2D eigenvalue weighted by atomic mass is 10.1. The Kier molecular flexibility index (Phi) is 5.64. The topological polar surface area (TPSA) is 116 Å². The van der Waals surface area contributed by atoms with Crippen LogP contribution in [0.5, 0.6) is 0 Å². The molecule has 11 heteroatoms. The predicted octanol–water partition coefficient (Wildman–Crippen LogP) is 3.06. The van der Waals surface area contributed by atoms with Gasteiger partial charge in [0.1, 0.15) is 5.82 Å². The lowest BCUT2D eigenvalue weighted by Gasteiger charge is -2.09. The van der Waals surface area contributed by atoms with Gasteiger partial charge in [0.2, 0.25) is 11.1 Å². The van der Waals surface area contributed by atoms with E-state index in [4.69, 9.17) is 0 Å². The van der Waals surface area contributed by atoms with Gasteiger partial charge in [-0.1, -0.05) is 23.9 Å². The highest BCUT2D eigenvalue weighted by molar-refractivity contribution is 7.99. The first-order valence-electron chi connectivity index (χ1n) is 8.08. The molecule has 3 rings (SSSR count). The Morgan fingerprint density at radius 1 is 1.29 bits per heavy atom. The van der Waals surface area contributed by atoms with Crippen molar-refractivity contribution in [3.8, 4) is 5.69 Å². The number of carbonyl (C=O) groups excluding carboxylic acids is 1. The van der Waals surface area contributed by atoms with E-state index in [1.165, 1.54) is 4.68 Å². The number of tetrazole rings is 1. The Hall–Kier alpha value is -3.34. The summed E-state index contributed by atoms with van der Waals surface area (Å²) < 4.78 is 15.3. The quantitative estimate of drug-likeness (QED) is 0.383. The molecular weight excluding hydrogens is 387 g/mol. The first-order valence-corrected chi connectivity index (χ1v) is 9.06. The number of non-ortho nitro benzene ring substituents is 1. The number of thioether (sulfide) groups is 1. The average molecular weight is 402 g/mol.